The summed E-state index contributed by atoms with van der Waals surface area (Å²) in [4.78, 5) is 33.6. The number of carbonyl (C=O) groups is 2. The number of nitrogens with zero attached hydrogens (tertiary/aromatic N) is 1. The average molecular weight is 377 g/mol. The number of hydrogen-bond donors (Lipinski definition) is 1. The third kappa shape index (κ3) is 5.94. The molecule has 1 saturated carbocycles. The summed E-state index contributed by atoms with van der Waals surface area (Å²) in [5.41, 5.74) is -0.201. The highest BCUT2D eigenvalue weighted by molar-refractivity contribution is 5.88. The zero-order chi connectivity index (χ0) is 20.2. The number of nitrogens with one attached hydrogen (secondary N) is 1. The topological polar surface area (TPSA) is 122 Å². The smallest absolute Gasteiger partial charge is 0.407 e. The molecule has 0 saturated heterocycles. The molecule has 1 aliphatic carbocycles. The molecular formula is C19H25N2O6-. The molecule has 1 amide bonds. The minimum atomic E-state index is -1.33. The van der Waals surface area contributed by atoms with Gasteiger partial charge in [-0.1, -0.05) is 0 Å². The molecular weight excluding hydrogens is 352 g/mol. The zero-order valence-corrected chi connectivity index (χ0v) is 15.8. The Morgan fingerprint density at radius 2 is 1.85 bits per heavy atom. The largest absolute Gasteiger partial charge is 0.545 e. The second-order valence-corrected chi connectivity index (χ2v) is 7.92. The predicted molar refractivity (Wildman–Crippen MR) is 96.4 cm³/mol. The van der Waals surface area contributed by atoms with Crippen molar-refractivity contribution in [2.45, 2.75) is 58.0 Å². The van der Waals surface area contributed by atoms with Gasteiger partial charge in [-0.2, -0.15) is 0 Å². The standard InChI is InChI=1S/C19H26N2O6/c1-19(2,3)27-18(24)20-11-12-4-6-13(7-5-12)16-10-14(21(25)26)8-9-15(16)17(22)23/h8-10,12-13H,4-7,11H2,1-3H3,(H,20,24)(H,22,23)/p-1. The van der Waals surface area contributed by atoms with Crippen LogP contribution in [0.25, 0.3) is 0 Å². The van der Waals surface area contributed by atoms with E-state index in [-0.39, 0.29) is 23.1 Å². The van der Waals surface area contributed by atoms with Crippen LogP contribution in [0.5, 0.6) is 0 Å². The maximum Gasteiger partial charge on any atom is 0.407 e. The number of nitro groups is 1. The molecule has 0 unspecified atom stereocenters. The van der Waals surface area contributed by atoms with Crippen LogP contribution in [0.3, 0.4) is 0 Å². The van der Waals surface area contributed by atoms with Gasteiger partial charge in [-0.25, -0.2) is 4.79 Å². The van der Waals surface area contributed by atoms with E-state index in [1.807, 2.05) is 0 Å². The van der Waals surface area contributed by atoms with Crippen molar-refractivity contribution < 1.29 is 24.4 Å². The van der Waals surface area contributed by atoms with Crippen molar-refractivity contribution in [3.05, 3.63) is 39.4 Å². The van der Waals surface area contributed by atoms with Gasteiger partial charge in [-0.15, -0.1) is 0 Å². The number of non-ortho nitro benzene ring substituents is 1. The van der Waals surface area contributed by atoms with Crippen molar-refractivity contribution >= 4 is 17.7 Å². The number of aromatic carboxylic acids is 1. The molecule has 1 aromatic rings. The first-order valence-corrected chi connectivity index (χ1v) is 9.03. The summed E-state index contributed by atoms with van der Waals surface area (Å²) in [5, 5.41) is 25.1. The van der Waals surface area contributed by atoms with E-state index < -0.39 is 22.6 Å². The molecule has 1 aromatic carbocycles. The van der Waals surface area contributed by atoms with E-state index in [0.29, 0.717) is 24.9 Å². The molecule has 1 N–H and O–H groups in total. The van der Waals surface area contributed by atoms with E-state index in [4.69, 9.17) is 4.74 Å². The van der Waals surface area contributed by atoms with Gasteiger partial charge in [0.25, 0.3) is 5.69 Å². The first kappa shape index (κ1) is 20.7. The van der Waals surface area contributed by atoms with Crippen molar-refractivity contribution in [3.8, 4) is 0 Å². The van der Waals surface area contributed by atoms with Crippen LogP contribution in [0.15, 0.2) is 18.2 Å². The summed E-state index contributed by atoms with van der Waals surface area (Å²) in [6, 6.07) is 3.78. The molecule has 8 heteroatoms. The zero-order valence-electron chi connectivity index (χ0n) is 15.8. The Balaban J connectivity index is 1.97. The first-order valence-electron chi connectivity index (χ1n) is 9.03. The van der Waals surface area contributed by atoms with Gasteiger partial charge in [0, 0.05) is 24.2 Å². The van der Waals surface area contributed by atoms with Crippen LogP contribution in [0.1, 0.15) is 68.3 Å². The number of nitro benzene ring substituents is 1. The molecule has 0 radical (unpaired) electrons. The normalized spacial score (nSPS) is 20.0. The lowest BCUT2D eigenvalue weighted by atomic mass is 9.77. The van der Waals surface area contributed by atoms with Gasteiger partial charge < -0.3 is 20.0 Å². The van der Waals surface area contributed by atoms with Crippen LogP contribution < -0.4 is 10.4 Å². The minimum absolute atomic E-state index is 0.0101. The Kier molecular flexibility index (Phi) is 6.41. The number of carboxylic acids is 1. The van der Waals surface area contributed by atoms with E-state index in [2.05, 4.69) is 5.32 Å². The van der Waals surface area contributed by atoms with Crippen molar-refractivity contribution in [2.24, 2.45) is 5.92 Å². The molecule has 148 valence electrons. The highest BCUT2D eigenvalue weighted by Crippen LogP contribution is 2.38. The molecule has 0 aromatic heterocycles. The molecule has 0 bridgehead atoms. The minimum Gasteiger partial charge on any atom is -0.545 e. The van der Waals surface area contributed by atoms with E-state index in [9.17, 15) is 24.8 Å². The molecule has 1 fully saturated rings. The number of carbonyl (C=O) groups excluding carboxylic acids is 2. The Bertz CT molecular complexity index is 717. The second-order valence-electron chi connectivity index (χ2n) is 7.92. The number of benzene rings is 1. The highest BCUT2D eigenvalue weighted by atomic mass is 16.6. The number of rotatable bonds is 5. The number of hydrogen-bond acceptors (Lipinski definition) is 6. The van der Waals surface area contributed by atoms with Gasteiger partial charge in [0.2, 0.25) is 0 Å². The number of alkyl carbamates (subject to hydrolysis) is 1. The third-order valence-electron chi connectivity index (χ3n) is 4.69. The van der Waals surface area contributed by atoms with Crippen molar-refractivity contribution in [1.29, 1.82) is 0 Å². The maximum absolute atomic E-state index is 11.7. The molecule has 0 atom stereocenters. The Morgan fingerprint density at radius 3 is 2.37 bits per heavy atom. The van der Waals surface area contributed by atoms with Crippen molar-refractivity contribution in [1.82, 2.24) is 5.32 Å². The molecule has 0 aliphatic heterocycles. The van der Waals surface area contributed by atoms with Crippen LogP contribution in [-0.2, 0) is 4.74 Å². The van der Waals surface area contributed by atoms with Gasteiger partial charge in [-0.3, -0.25) is 10.1 Å². The van der Waals surface area contributed by atoms with Crippen molar-refractivity contribution in [3.63, 3.8) is 0 Å². The van der Waals surface area contributed by atoms with Crippen LogP contribution in [0.2, 0.25) is 0 Å². The summed E-state index contributed by atoms with van der Waals surface area (Å²) >= 11 is 0. The van der Waals surface area contributed by atoms with E-state index >= 15 is 0 Å². The van der Waals surface area contributed by atoms with Gasteiger partial charge in [0.1, 0.15) is 5.60 Å². The van der Waals surface area contributed by atoms with E-state index in [1.54, 1.807) is 20.8 Å². The Morgan fingerprint density at radius 1 is 1.22 bits per heavy atom. The highest BCUT2D eigenvalue weighted by Gasteiger charge is 2.26. The number of carboxylic acid groups (broad SMARTS) is 1. The Labute approximate surface area is 158 Å². The van der Waals surface area contributed by atoms with Crippen LogP contribution >= 0.6 is 0 Å². The molecule has 8 nitrogen and oxygen atoms in total. The molecule has 27 heavy (non-hydrogen) atoms. The van der Waals surface area contributed by atoms with E-state index in [0.717, 1.165) is 12.8 Å². The van der Waals surface area contributed by atoms with E-state index in [1.165, 1.54) is 18.2 Å². The summed E-state index contributed by atoms with van der Waals surface area (Å²) in [5.74, 6) is -1.14. The molecule has 0 heterocycles. The summed E-state index contributed by atoms with van der Waals surface area (Å²) in [6.07, 6.45) is 2.51. The maximum atomic E-state index is 11.7. The molecule has 1 aliphatic rings. The fraction of sp³-hybridized carbons (Fsp3) is 0.579. The third-order valence-corrected chi connectivity index (χ3v) is 4.69. The van der Waals surface area contributed by atoms with Crippen molar-refractivity contribution in [2.75, 3.05) is 6.54 Å². The molecule has 2 rings (SSSR count). The number of amides is 1. The summed E-state index contributed by atoms with van der Waals surface area (Å²) in [6.45, 7) is 5.88. The lowest BCUT2D eigenvalue weighted by Crippen LogP contribution is -2.36. The fourth-order valence-electron chi connectivity index (χ4n) is 3.41. The first-order chi connectivity index (χ1) is 12.6. The van der Waals surface area contributed by atoms with Crippen LogP contribution in [0, 0.1) is 16.0 Å². The van der Waals surface area contributed by atoms with Gasteiger partial charge in [-0.05, 0) is 69.9 Å². The van der Waals surface area contributed by atoms with Gasteiger partial charge in [0.15, 0.2) is 0 Å². The molecule has 0 spiro atoms. The van der Waals surface area contributed by atoms with Gasteiger partial charge >= 0.3 is 6.09 Å². The van der Waals surface area contributed by atoms with Crippen LogP contribution in [-0.4, -0.2) is 29.1 Å². The lowest BCUT2D eigenvalue weighted by molar-refractivity contribution is -0.384. The van der Waals surface area contributed by atoms with Crippen LogP contribution in [0.4, 0.5) is 10.5 Å². The SMILES string of the molecule is CC(C)(C)OC(=O)NCC1CCC(c2cc([N+](=O)[O-])ccc2C(=O)[O-])CC1. The monoisotopic (exact) mass is 377 g/mol. The van der Waals surface area contributed by atoms with Gasteiger partial charge in [0.05, 0.1) is 10.9 Å². The quantitative estimate of drug-likeness (QED) is 0.622. The Hall–Kier alpha value is -2.64. The fourth-order valence-corrected chi connectivity index (χ4v) is 3.41. The summed E-state index contributed by atoms with van der Waals surface area (Å²) < 4.78 is 5.21. The summed E-state index contributed by atoms with van der Waals surface area (Å²) in [7, 11) is 0. The lowest BCUT2D eigenvalue weighted by Gasteiger charge is -2.30. The second kappa shape index (κ2) is 8.37. The average Bonchev–Trinajstić information content (AvgIpc) is 2.58. The predicted octanol–water partition coefficient (Wildman–Crippen LogP) is 2.76. The number of ether oxygens (including phenoxy) is 1.